The van der Waals surface area contributed by atoms with Crippen LogP contribution in [0.2, 0.25) is 0 Å². The van der Waals surface area contributed by atoms with Crippen LogP contribution in [-0.4, -0.2) is 87.5 Å². The minimum absolute atomic E-state index is 0. The number of nitrogens with zero attached hydrogens (tertiary/aromatic N) is 3. The summed E-state index contributed by atoms with van der Waals surface area (Å²) in [4.78, 5) is 9.81. The number of ether oxygens (including phenoxy) is 2. The number of likely N-dealkylation sites (N-methyl/N-ethyl adjacent to an activating group) is 1. The SMILES string of the molecule is CCNC(=NCc1ccc(CN2CCN(CC)CC2)cc1)NCCCOC1CCOC1.I. The van der Waals surface area contributed by atoms with Crippen molar-refractivity contribution < 1.29 is 9.47 Å². The highest BCUT2D eigenvalue weighted by atomic mass is 127. The van der Waals surface area contributed by atoms with Gasteiger partial charge in [-0.05, 0) is 37.4 Å². The van der Waals surface area contributed by atoms with Crippen molar-refractivity contribution in [1.82, 2.24) is 20.4 Å². The van der Waals surface area contributed by atoms with Crippen molar-refractivity contribution in [2.75, 3.05) is 65.6 Å². The molecule has 2 saturated heterocycles. The number of piperazine rings is 1. The molecule has 182 valence electrons. The molecule has 2 N–H and O–H groups in total. The first-order chi connectivity index (χ1) is 15.3. The van der Waals surface area contributed by atoms with Crippen molar-refractivity contribution in [1.29, 1.82) is 0 Å². The fraction of sp³-hybridized carbons (Fsp3) is 0.708. The van der Waals surface area contributed by atoms with E-state index in [2.05, 4.69) is 58.5 Å². The zero-order valence-corrected chi connectivity index (χ0v) is 22.2. The predicted molar refractivity (Wildman–Crippen MR) is 142 cm³/mol. The molecule has 1 aromatic rings. The highest BCUT2D eigenvalue weighted by Gasteiger charge is 2.16. The van der Waals surface area contributed by atoms with Gasteiger partial charge in [0.2, 0.25) is 0 Å². The number of nitrogens with one attached hydrogen (secondary N) is 2. The number of benzene rings is 1. The normalized spacial score (nSPS) is 20.2. The standard InChI is InChI=1S/C24H41N5O2.HI/c1-3-25-24(26-11-5-16-31-23-10-17-30-20-23)27-18-21-6-8-22(9-7-21)19-29-14-12-28(4-2)13-15-29;/h6-9,23H,3-5,10-20H2,1-2H3,(H2,25,26,27);1H. The van der Waals surface area contributed by atoms with Gasteiger partial charge in [0, 0.05) is 59.0 Å². The Bertz CT molecular complexity index is 644. The Morgan fingerprint density at radius 2 is 1.78 bits per heavy atom. The van der Waals surface area contributed by atoms with Crippen LogP contribution in [-0.2, 0) is 22.6 Å². The molecule has 0 amide bonds. The van der Waals surface area contributed by atoms with E-state index in [9.17, 15) is 0 Å². The third-order valence-corrected chi connectivity index (χ3v) is 5.96. The van der Waals surface area contributed by atoms with E-state index in [-0.39, 0.29) is 30.1 Å². The predicted octanol–water partition coefficient (Wildman–Crippen LogP) is 2.69. The lowest BCUT2D eigenvalue weighted by molar-refractivity contribution is 0.0420. The molecule has 2 aliphatic heterocycles. The molecule has 0 saturated carbocycles. The molecule has 3 rings (SSSR count). The van der Waals surface area contributed by atoms with Crippen molar-refractivity contribution in [3.8, 4) is 0 Å². The molecule has 1 unspecified atom stereocenters. The molecule has 7 nitrogen and oxygen atoms in total. The van der Waals surface area contributed by atoms with Gasteiger partial charge in [-0.2, -0.15) is 0 Å². The molecule has 1 aromatic carbocycles. The molecular weight excluding hydrogens is 517 g/mol. The van der Waals surface area contributed by atoms with Gasteiger partial charge in [0.25, 0.3) is 0 Å². The van der Waals surface area contributed by atoms with E-state index in [1.165, 1.54) is 24.2 Å². The fourth-order valence-electron chi connectivity index (χ4n) is 3.96. The number of rotatable bonds is 11. The second kappa shape index (κ2) is 15.8. The fourth-order valence-corrected chi connectivity index (χ4v) is 3.96. The number of hydrogen-bond donors (Lipinski definition) is 2. The van der Waals surface area contributed by atoms with Gasteiger partial charge < -0.3 is 25.0 Å². The average Bonchev–Trinajstić information content (AvgIpc) is 3.32. The summed E-state index contributed by atoms with van der Waals surface area (Å²) in [6.45, 7) is 16.0. The Morgan fingerprint density at radius 1 is 1.06 bits per heavy atom. The van der Waals surface area contributed by atoms with Gasteiger partial charge in [-0.1, -0.05) is 31.2 Å². The number of aliphatic imine (C=N–C) groups is 1. The highest BCUT2D eigenvalue weighted by Crippen LogP contribution is 2.11. The number of guanidine groups is 1. The lowest BCUT2D eigenvalue weighted by Gasteiger charge is -2.34. The van der Waals surface area contributed by atoms with Crippen LogP contribution in [0.15, 0.2) is 29.3 Å². The van der Waals surface area contributed by atoms with Crippen LogP contribution in [0.4, 0.5) is 0 Å². The number of halogens is 1. The molecule has 0 aromatic heterocycles. The third kappa shape index (κ3) is 9.91. The molecule has 32 heavy (non-hydrogen) atoms. The molecule has 2 heterocycles. The molecule has 1 atom stereocenters. The second-order valence-corrected chi connectivity index (χ2v) is 8.36. The van der Waals surface area contributed by atoms with Gasteiger partial charge in [-0.3, -0.25) is 4.90 Å². The Hall–Kier alpha value is -0.940. The minimum atomic E-state index is 0. The first-order valence-electron chi connectivity index (χ1n) is 12.0. The first-order valence-corrected chi connectivity index (χ1v) is 12.0. The smallest absolute Gasteiger partial charge is 0.191 e. The maximum atomic E-state index is 5.82. The lowest BCUT2D eigenvalue weighted by Crippen LogP contribution is -2.45. The summed E-state index contributed by atoms with van der Waals surface area (Å²) in [6.07, 6.45) is 2.26. The first kappa shape index (κ1) is 27.3. The quantitative estimate of drug-likeness (QED) is 0.188. The Morgan fingerprint density at radius 3 is 2.44 bits per heavy atom. The summed E-state index contributed by atoms with van der Waals surface area (Å²) in [5.74, 6) is 0.865. The number of hydrogen-bond acceptors (Lipinski definition) is 5. The van der Waals surface area contributed by atoms with E-state index in [1.54, 1.807) is 0 Å². The third-order valence-electron chi connectivity index (χ3n) is 5.96. The summed E-state index contributed by atoms with van der Waals surface area (Å²) in [5, 5.41) is 6.73. The Labute approximate surface area is 211 Å². The summed E-state index contributed by atoms with van der Waals surface area (Å²) >= 11 is 0. The molecule has 2 fully saturated rings. The van der Waals surface area contributed by atoms with Crippen LogP contribution in [0.1, 0.15) is 37.8 Å². The van der Waals surface area contributed by atoms with Crippen molar-refractivity contribution in [2.24, 2.45) is 4.99 Å². The minimum Gasteiger partial charge on any atom is -0.379 e. The van der Waals surface area contributed by atoms with Crippen molar-refractivity contribution >= 4 is 29.9 Å². The zero-order chi connectivity index (χ0) is 21.7. The van der Waals surface area contributed by atoms with Crippen molar-refractivity contribution in [2.45, 2.75) is 45.9 Å². The van der Waals surface area contributed by atoms with E-state index in [0.717, 1.165) is 77.9 Å². The topological polar surface area (TPSA) is 61.4 Å². The van der Waals surface area contributed by atoms with E-state index in [0.29, 0.717) is 6.54 Å². The van der Waals surface area contributed by atoms with Gasteiger partial charge >= 0.3 is 0 Å². The second-order valence-electron chi connectivity index (χ2n) is 8.36. The molecular formula is C24H42IN5O2. The Kier molecular flexibility index (Phi) is 13.5. The molecule has 8 heteroatoms. The van der Waals surface area contributed by atoms with Gasteiger partial charge in [-0.25, -0.2) is 4.99 Å². The zero-order valence-electron chi connectivity index (χ0n) is 19.9. The van der Waals surface area contributed by atoms with E-state index < -0.39 is 0 Å². The summed E-state index contributed by atoms with van der Waals surface area (Å²) in [7, 11) is 0. The van der Waals surface area contributed by atoms with Crippen LogP contribution >= 0.6 is 24.0 Å². The van der Waals surface area contributed by atoms with E-state index in [1.807, 2.05) is 0 Å². The maximum Gasteiger partial charge on any atom is 0.191 e. The summed E-state index contributed by atoms with van der Waals surface area (Å²) in [5.41, 5.74) is 2.62. The highest BCUT2D eigenvalue weighted by molar-refractivity contribution is 14.0. The molecule has 2 aliphatic rings. The van der Waals surface area contributed by atoms with Crippen LogP contribution in [0, 0.1) is 0 Å². The Balaban J connectivity index is 0.00000363. The van der Waals surface area contributed by atoms with Gasteiger partial charge in [0.1, 0.15) is 0 Å². The summed E-state index contributed by atoms with van der Waals surface area (Å²) < 4.78 is 11.2. The average molecular weight is 560 g/mol. The summed E-state index contributed by atoms with van der Waals surface area (Å²) in [6, 6.07) is 8.92. The molecule has 0 aliphatic carbocycles. The molecule has 0 spiro atoms. The lowest BCUT2D eigenvalue weighted by atomic mass is 10.1. The monoisotopic (exact) mass is 559 g/mol. The van der Waals surface area contributed by atoms with Crippen LogP contribution in [0.5, 0.6) is 0 Å². The van der Waals surface area contributed by atoms with E-state index >= 15 is 0 Å². The van der Waals surface area contributed by atoms with Crippen molar-refractivity contribution in [3.05, 3.63) is 35.4 Å². The van der Waals surface area contributed by atoms with Gasteiger partial charge in [-0.15, -0.1) is 24.0 Å². The van der Waals surface area contributed by atoms with Gasteiger partial charge in [0.05, 0.1) is 19.3 Å². The van der Waals surface area contributed by atoms with Crippen LogP contribution < -0.4 is 10.6 Å². The van der Waals surface area contributed by atoms with Crippen LogP contribution in [0.3, 0.4) is 0 Å². The van der Waals surface area contributed by atoms with Gasteiger partial charge in [0.15, 0.2) is 5.96 Å². The van der Waals surface area contributed by atoms with E-state index in [4.69, 9.17) is 14.5 Å². The molecule has 0 radical (unpaired) electrons. The molecule has 0 bridgehead atoms. The maximum absolute atomic E-state index is 5.82. The van der Waals surface area contributed by atoms with Crippen molar-refractivity contribution in [3.63, 3.8) is 0 Å². The van der Waals surface area contributed by atoms with Crippen LogP contribution in [0.25, 0.3) is 0 Å². The largest absolute Gasteiger partial charge is 0.379 e.